The summed E-state index contributed by atoms with van der Waals surface area (Å²) in [7, 11) is 0. The van der Waals surface area contributed by atoms with E-state index in [4.69, 9.17) is 10.7 Å². The van der Waals surface area contributed by atoms with Crippen LogP contribution in [0.15, 0.2) is 85.1 Å². The average molecular weight is 492 g/mol. The third kappa shape index (κ3) is 4.01. The number of nitrogens with zero attached hydrogens (tertiary/aromatic N) is 4. The Bertz CT molecular complexity index is 1690. The molecule has 0 spiro atoms. The van der Waals surface area contributed by atoms with Crippen molar-refractivity contribution in [2.45, 2.75) is 6.92 Å². The van der Waals surface area contributed by atoms with Gasteiger partial charge in [0, 0.05) is 17.6 Å². The summed E-state index contributed by atoms with van der Waals surface area (Å²) >= 11 is 1.53. The van der Waals surface area contributed by atoms with Crippen LogP contribution in [0.4, 0.5) is 23.0 Å². The molecular weight excluding hydrogens is 470 g/mol. The molecule has 0 aliphatic carbocycles. The highest BCUT2D eigenvalue weighted by atomic mass is 32.1. The zero-order valence-corrected chi connectivity index (χ0v) is 20.1. The molecular formula is C27H21N7OS. The summed E-state index contributed by atoms with van der Waals surface area (Å²) in [6, 6.07) is 25.0. The van der Waals surface area contributed by atoms with Crippen molar-refractivity contribution in [3.8, 4) is 10.6 Å². The number of aromatic nitrogens is 4. The number of carbonyl (C=O) groups excluding carboxylic acids is 1. The average Bonchev–Trinajstić information content (AvgIpc) is 3.46. The van der Waals surface area contributed by atoms with Crippen LogP contribution in [-0.4, -0.2) is 25.5 Å². The number of nitrogens with one attached hydrogen (secondary N) is 2. The molecule has 1 amide bonds. The lowest BCUT2D eigenvalue weighted by Gasteiger charge is -2.08. The van der Waals surface area contributed by atoms with Gasteiger partial charge in [0.2, 0.25) is 0 Å². The van der Waals surface area contributed by atoms with Gasteiger partial charge < -0.3 is 16.4 Å². The Kier molecular flexibility index (Phi) is 5.31. The smallest absolute Gasteiger partial charge is 0.263 e. The number of anilines is 4. The fourth-order valence-corrected chi connectivity index (χ4v) is 4.91. The minimum atomic E-state index is -0.341. The number of benzene rings is 3. The van der Waals surface area contributed by atoms with Gasteiger partial charge >= 0.3 is 0 Å². The number of aryl methyl sites for hydroxylation is 1. The van der Waals surface area contributed by atoms with E-state index in [2.05, 4.69) is 20.7 Å². The molecule has 6 aromatic rings. The third-order valence-corrected chi connectivity index (χ3v) is 6.81. The number of hydrogen-bond donors (Lipinski definition) is 3. The molecule has 0 aliphatic heterocycles. The van der Waals surface area contributed by atoms with Crippen LogP contribution in [0.5, 0.6) is 0 Å². The van der Waals surface area contributed by atoms with Gasteiger partial charge in [0.15, 0.2) is 11.5 Å². The lowest BCUT2D eigenvalue weighted by atomic mass is 10.2. The topological polar surface area (TPSA) is 110 Å². The molecule has 3 aromatic heterocycles. The highest BCUT2D eigenvalue weighted by Gasteiger charge is 2.24. The Morgan fingerprint density at radius 2 is 1.67 bits per heavy atom. The maximum atomic E-state index is 13.5. The van der Waals surface area contributed by atoms with E-state index in [1.54, 1.807) is 10.7 Å². The summed E-state index contributed by atoms with van der Waals surface area (Å²) in [6.45, 7) is 1.99. The van der Waals surface area contributed by atoms with Gasteiger partial charge in [-0.2, -0.15) is 0 Å². The van der Waals surface area contributed by atoms with Crippen LogP contribution in [0, 0.1) is 6.92 Å². The largest absolute Gasteiger partial charge is 0.383 e. The van der Waals surface area contributed by atoms with Crippen LogP contribution >= 0.6 is 11.3 Å². The Labute approximate surface area is 210 Å². The number of amides is 1. The SMILES string of the molecule is Cc1ccc(NC(=O)c2c(Nc3ccccc3)nn3cc(-c4nc5ccccc5s4)c(N)nc23)cc1. The number of para-hydroxylation sites is 2. The van der Waals surface area contributed by atoms with Gasteiger partial charge in [0.25, 0.3) is 5.91 Å². The van der Waals surface area contributed by atoms with Gasteiger partial charge in [0.05, 0.1) is 15.8 Å². The Hall–Kier alpha value is -4.76. The van der Waals surface area contributed by atoms with Gasteiger partial charge in [0.1, 0.15) is 16.4 Å². The van der Waals surface area contributed by atoms with Crippen LogP contribution in [-0.2, 0) is 0 Å². The summed E-state index contributed by atoms with van der Waals surface area (Å²) in [5, 5.41) is 11.6. The van der Waals surface area contributed by atoms with E-state index in [1.165, 1.54) is 11.3 Å². The van der Waals surface area contributed by atoms with Crippen molar-refractivity contribution in [2.75, 3.05) is 16.4 Å². The standard InChI is InChI=1S/C27H21N7OS/c1-16-11-13-18(14-12-16)30-26(35)22-24(29-17-7-3-2-4-8-17)33-34-15-19(23(28)32-25(22)34)27-31-20-9-5-6-10-21(20)36-27/h2-15H,1H3,(H2,28,32)(H,29,33)(H,30,35). The summed E-state index contributed by atoms with van der Waals surface area (Å²) in [4.78, 5) is 22.8. The van der Waals surface area contributed by atoms with Crippen molar-refractivity contribution in [1.29, 1.82) is 0 Å². The van der Waals surface area contributed by atoms with E-state index in [9.17, 15) is 4.79 Å². The predicted molar refractivity (Wildman–Crippen MR) is 145 cm³/mol. The van der Waals surface area contributed by atoms with E-state index in [0.29, 0.717) is 28.3 Å². The van der Waals surface area contributed by atoms with Gasteiger partial charge in [-0.3, -0.25) is 4.79 Å². The molecule has 8 nitrogen and oxygen atoms in total. The van der Waals surface area contributed by atoms with E-state index >= 15 is 0 Å². The number of nitrogens with two attached hydrogens (primary N) is 1. The van der Waals surface area contributed by atoms with Crippen molar-refractivity contribution in [1.82, 2.24) is 19.6 Å². The summed E-state index contributed by atoms with van der Waals surface area (Å²) in [6.07, 6.45) is 1.77. The molecule has 0 fully saturated rings. The molecule has 3 aromatic carbocycles. The molecule has 9 heteroatoms. The molecule has 0 atom stereocenters. The molecule has 0 saturated carbocycles. The van der Waals surface area contributed by atoms with Crippen molar-refractivity contribution in [2.24, 2.45) is 0 Å². The molecule has 0 saturated heterocycles. The lowest BCUT2D eigenvalue weighted by molar-refractivity contribution is 0.102. The van der Waals surface area contributed by atoms with Crippen molar-refractivity contribution >= 4 is 56.1 Å². The Balaban J connectivity index is 1.47. The molecule has 0 bridgehead atoms. The lowest BCUT2D eigenvalue weighted by Crippen LogP contribution is -2.14. The minimum Gasteiger partial charge on any atom is -0.383 e. The fraction of sp³-hybridized carbons (Fsp3) is 0.0370. The first kappa shape index (κ1) is 21.8. The maximum Gasteiger partial charge on any atom is 0.263 e. The first-order valence-corrected chi connectivity index (χ1v) is 12.1. The summed E-state index contributed by atoms with van der Waals surface area (Å²) < 4.78 is 2.63. The first-order chi connectivity index (χ1) is 17.5. The number of carbonyl (C=O) groups is 1. The maximum absolute atomic E-state index is 13.5. The van der Waals surface area contributed by atoms with Crippen molar-refractivity contribution < 1.29 is 4.79 Å². The molecule has 3 heterocycles. The number of thiazole rings is 1. The van der Waals surface area contributed by atoms with Crippen molar-refractivity contribution in [3.63, 3.8) is 0 Å². The van der Waals surface area contributed by atoms with Crippen LogP contribution in [0.25, 0.3) is 26.4 Å². The number of hydrogen-bond acceptors (Lipinski definition) is 7. The summed E-state index contributed by atoms with van der Waals surface area (Å²) in [5.41, 5.74) is 11.2. The van der Waals surface area contributed by atoms with Gasteiger partial charge in [-0.15, -0.1) is 16.4 Å². The second-order valence-corrected chi connectivity index (χ2v) is 9.36. The van der Waals surface area contributed by atoms with Crippen molar-refractivity contribution in [3.05, 3.63) is 96.2 Å². The van der Waals surface area contributed by atoms with E-state index in [1.807, 2.05) is 85.8 Å². The third-order valence-electron chi connectivity index (χ3n) is 5.74. The van der Waals surface area contributed by atoms with E-state index < -0.39 is 0 Å². The zero-order chi connectivity index (χ0) is 24.6. The van der Waals surface area contributed by atoms with Gasteiger partial charge in [-0.1, -0.05) is 48.0 Å². The molecule has 176 valence electrons. The zero-order valence-electron chi connectivity index (χ0n) is 19.3. The monoisotopic (exact) mass is 491 g/mol. The highest BCUT2D eigenvalue weighted by molar-refractivity contribution is 7.21. The second kappa shape index (κ2) is 8.79. The molecule has 0 radical (unpaired) electrons. The van der Waals surface area contributed by atoms with Gasteiger partial charge in [-0.25, -0.2) is 14.5 Å². The molecule has 0 aliphatic rings. The quantitative estimate of drug-likeness (QED) is 0.277. The molecule has 0 unspecified atom stereocenters. The van der Waals surface area contributed by atoms with Crippen LogP contribution in [0.3, 0.4) is 0 Å². The molecule has 6 rings (SSSR count). The number of fused-ring (bicyclic) bond motifs is 2. The van der Waals surface area contributed by atoms with Crippen LogP contribution in [0.2, 0.25) is 0 Å². The minimum absolute atomic E-state index is 0.275. The Morgan fingerprint density at radius 3 is 2.44 bits per heavy atom. The molecule has 4 N–H and O–H groups in total. The van der Waals surface area contributed by atoms with E-state index in [0.717, 1.165) is 26.5 Å². The second-order valence-electron chi connectivity index (χ2n) is 8.33. The highest BCUT2D eigenvalue weighted by Crippen LogP contribution is 2.34. The van der Waals surface area contributed by atoms with Crippen LogP contribution < -0.4 is 16.4 Å². The van der Waals surface area contributed by atoms with E-state index in [-0.39, 0.29) is 11.7 Å². The number of nitrogen functional groups attached to an aromatic ring is 1. The predicted octanol–water partition coefficient (Wildman–Crippen LogP) is 5.89. The number of rotatable bonds is 5. The molecule has 36 heavy (non-hydrogen) atoms. The fourth-order valence-electron chi connectivity index (χ4n) is 3.92. The van der Waals surface area contributed by atoms with Gasteiger partial charge in [-0.05, 0) is 43.3 Å². The summed E-state index contributed by atoms with van der Waals surface area (Å²) in [5.74, 6) is 0.309. The Morgan fingerprint density at radius 1 is 0.917 bits per heavy atom. The first-order valence-electron chi connectivity index (χ1n) is 11.3. The van der Waals surface area contributed by atoms with Crippen LogP contribution in [0.1, 0.15) is 15.9 Å². The normalized spacial score (nSPS) is 11.1.